The Kier molecular flexibility index (Phi) is 3.71. The molecule has 0 radical (unpaired) electrons. The normalized spacial score (nSPS) is 16.7. The molecule has 0 saturated heterocycles. The number of hydrogen-bond donors (Lipinski definition) is 0. The predicted octanol–water partition coefficient (Wildman–Crippen LogP) is 5.00. The maximum atomic E-state index is 3.19. The lowest BCUT2D eigenvalue weighted by Crippen LogP contribution is -2.28. The van der Waals surface area contributed by atoms with Gasteiger partial charge in [-0.1, -0.05) is 73.5 Å². The molecule has 0 bridgehead atoms. The maximum Gasteiger partial charge on any atom is 0.0372 e. The van der Waals surface area contributed by atoms with E-state index >= 15 is 0 Å². The Bertz CT molecular complexity index is 472. The van der Waals surface area contributed by atoms with Gasteiger partial charge in [-0.2, -0.15) is 0 Å². The third-order valence-corrected chi connectivity index (χ3v) is 5.64. The highest BCUT2D eigenvalue weighted by Crippen LogP contribution is 2.51. The third-order valence-electron chi connectivity index (χ3n) is 4.50. The van der Waals surface area contributed by atoms with Crippen molar-refractivity contribution in [1.29, 1.82) is 0 Å². The molecule has 2 aromatic carbocycles. The van der Waals surface area contributed by atoms with Crippen LogP contribution in [0.4, 0.5) is 0 Å². The summed E-state index contributed by atoms with van der Waals surface area (Å²) < 4.78 is 0. The van der Waals surface area contributed by atoms with Crippen LogP contribution in [0.15, 0.2) is 60.7 Å². The minimum absolute atomic E-state index is 0.0824. The molecule has 0 aliphatic heterocycles. The zero-order valence-corrected chi connectivity index (χ0v) is 12.4. The van der Waals surface area contributed by atoms with Crippen molar-refractivity contribution in [3.8, 4) is 0 Å². The van der Waals surface area contributed by atoms with Crippen molar-refractivity contribution < 1.29 is 0 Å². The predicted molar refractivity (Wildman–Crippen MR) is 85.3 cm³/mol. The summed E-state index contributed by atoms with van der Waals surface area (Å²) in [6.07, 6.45) is 5.43. The number of rotatable bonds is 3. The van der Waals surface area contributed by atoms with Gasteiger partial charge in [0.2, 0.25) is 0 Å². The van der Waals surface area contributed by atoms with Gasteiger partial charge >= 0.3 is 0 Å². The van der Waals surface area contributed by atoms with Crippen molar-refractivity contribution in [3.63, 3.8) is 0 Å². The molecular weight excluding hydrogens is 247 g/mol. The second-order valence-electron chi connectivity index (χ2n) is 5.58. The van der Waals surface area contributed by atoms with E-state index in [0.717, 1.165) is 5.92 Å². The highest BCUT2D eigenvalue weighted by atomic mass is 31.0. The molecule has 1 fully saturated rings. The lowest BCUT2D eigenvalue weighted by Gasteiger charge is -2.37. The molecule has 1 atom stereocenters. The van der Waals surface area contributed by atoms with Crippen LogP contribution in [-0.4, -0.2) is 0 Å². The largest absolute Gasteiger partial charge is 0.121 e. The minimum atomic E-state index is 0.0824. The van der Waals surface area contributed by atoms with Crippen LogP contribution in [-0.2, 0) is 5.16 Å². The fourth-order valence-corrected chi connectivity index (χ4v) is 4.17. The summed E-state index contributed by atoms with van der Waals surface area (Å²) in [6.45, 7) is 0. The van der Waals surface area contributed by atoms with Gasteiger partial charge in [-0.3, -0.25) is 0 Å². The Balaban J connectivity index is 2.10. The molecule has 0 nitrogen and oxygen atoms in total. The molecule has 0 spiro atoms. The van der Waals surface area contributed by atoms with Crippen LogP contribution in [0, 0.1) is 5.92 Å². The molecule has 1 heteroatoms. The van der Waals surface area contributed by atoms with Crippen molar-refractivity contribution in [1.82, 2.24) is 0 Å². The van der Waals surface area contributed by atoms with E-state index in [0.29, 0.717) is 0 Å². The van der Waals surface area contributed by atoms with Gasteiger partial charge in [0, 0.05) is 5.16 Å². The molecule has 3 rings (SSSR count). The van der Waals surface area contributed by atoms with E-state index in [1.165, 1.54) is 36.8 Å². The lowest BCUT2D eigenvalue weighted by molar-refractivity contribution is 0.445. The Morgan fingerprint density at radius 1 is 0.737 bits per heavy atom. The molecule has 1 aliphatic rings. The molecule has 0 heterocycles. The first-order valence-electron chi connectivity index (χ1n) is 7.22. The van der Waals surface area contributed by atoms with Crippen LogP contribution in [0.5, 0.6) is 0 Å². The van der Waals surface area contributed by atoms with E-state index in [4.69, 9.17) is 0 Å². The molecule has 2 aromatic rings. The highest BCUT2D eigenvalue weighted by molar-refractivity contribution is 7.19. The van der Waals surface area contributed by atoms with Crippen molar-refractivity contribution in [2.24, 2.45) is 5.92 Å². The van der Waals surface area contributed by atoms with Crippen LogP contribution in [0.1, 0.15) is 36.8 Å². The topological polar surface area (TPSA) is 0 Å². The van der Waals surface area contributed by atoms with Crippen molar-refractivity contribution >= 4 is 9.24 Å². The summed E-state index contributed by atoms with van der Waals surface area (Å²) in [5.41, 5.74) is 2.86. The summed E-state index contributed by atoms with van der Waals surface area (Å²) in [7, 11) is 3.19. The Morgan fingerprint density at radius 2 is 1.16 bits per heavy atom. The summed E-state index contributed by atoms with van der Waals surface area (Å²) in [4.78, 5) is 0. The van der Waals surface area contributed by atoms with E-state index in [2.05, 4.69) is 69.9 Å². The molecule has 0 N–H and O–H groups in total. The van der Waals surface area contributed by atoms with E-state index in [1.807, 2.05) is 0 Å². The monoisotopic (exact) mass is 268 g/mol. The first-order valence-corrected chi connectivity index (χ1v) is 7.79. The Labute approximate surface area is 118 Å². The van der Waals surface area contributed by atoms with Gasteiger partial charge in [0.05, 0.1) is 0 Å². The minimum Gasteiger partial charge on any atom is -0.121 e. The Hall–Kier alpha value is -1.13. The zero-order chi connectivity index (χ0) is 13.1. The average molecular weight is 268 g/mol. The van der Waals surface area contributed by atoms with E-state index in [1.54, 1.807) is 0 Å². The van der Waals surface area contributed by atoms with Gasteiger partial charge in [0.15, 0.2) is 0 Å². The summed E-state index contributed by atoms with van der Waals surface area (Å²) in [6, 6.07) is 22.0. The molecule has 1 aliphatic carbocycles. The molecule has 0 aromatic heterocycles. The summed E-state index contributed by atoms with van der Waals surface area (Å²) in [5, 5.41) is 0.0824. The van der Waals surface area contributed by atoms with Crippen molar-refractivity contribution in [2.75, 3.05) is 0 Å². The van der Waals surface area contributed by atoms with Crippen molar-refractivity contribution in [3.05, 3.63) is 71.8 Å². The van der Waals surface area contributed by atoms with Gasteiger partial charge < -0.3 is 0 Å². The van der Waals surface area contributed by atoms with E-state index in [9.17, 15) is 0 Å². The number of benzene rings is 2. The second kappa shape index (κ2) is 5.47. The van der Waals surface area contributed by atoms with Crippen LogP contribution in [0.2, 0.25) is 0 Å². The standard InChI is InChI=1S/C18H21P/c19-18(17-13-7-8-14-17,15-9-3-1-4-10-15)16-11-5-2-6-12-16/h1-6,9-12,17H,7-8,13-14,19H2. The summed E-state index contributed by atoms with van der Waals surface area (Å²) >= 11 is 0. The van der Waals surface area contributed by atoms with Gasteiger partial charge in [-0.15, -0.1) is 9.24 Å². The van der Waals surface area contributed by atoms with Crippen LogP contribution >= 0.6 is 9.24 Å². The Morgan fingerprint density at radius 3 is 1.58 bits per heavy atom. The fraction of sp³-hybridized carbons (Fsp3) is 0.333. The molecule has 0 amide bonds. The molecule has 1 saturated carbocycles. The van der Waals surface area contributed by atoms with Gasteiger partial charge in [-0.05, 0) is 29.9 Å². The maximum absolute atomic E-state index is 3.19. The third kappa shape index (κ3) is 2.35. The van der Waals surface area contributed by atoms with Gasteiger partial charge in [0.25, 0.3) is 0 Å². The van der Waals surface area contributed by atoms with Crippen LogP contribution in [0.25, 0.3) is 0 Å². The molecular formula is C18H21P. The second-order valence-corrected chi connectivity index (χ2v) is 6.49. The SMILES string of the molecule is PC(c1ccccc1)(c1ccccc1)C1CCCC1. The molecule has 98 valence electrons. The van der Waals surface area contributed by atoms with Crippen molar-refractivity contribution in [2.45, 2.75) is 30.8 Å². The average Bonchev–Trinajstić information content (AvgIpc) is 3.03. The van der Waals surface area contributed by atoms with Crippen LogP contribution < -0.4 is 0 Å². The first kappa shape index (κ1) is 12.9. The van der Waals surface area contributed by atoms with E-state index in [-0.39, 0.29) is 5.16 Å². The highest BCUT2D eigenvalue weighted by Gasteiger charge is 2.38. The number of hydrogen-bond acceptors (Lipinski definition) is 0. The quantitative estimate of drug-likeness (QED) is 0.687. The molecule has 19 heavy (non-hydrogen) atoms. The summed E-state index contributed by atoms with van der Waals surface area (Å²) in [5.74, 6) is 0.738. The fourth-order valence-electron chi connectivity index (χ4n) is 3.45. The van der Waals surface area contributed by atoms with E-state index < -0.39 is 0 Å². The first-order chi connectivity index (χ1) is 9.32. The lowest BCUT2D eigenvalue weighted by atomic mass is 9.78. The van der Waals surface area contributed by atoms with Gasteiger partial charge in [0.1, 0.15) is 0 Å². The van der Waals surface area contributed by atoms with Gasteiger partial charge in [-0.25, -0.2) is 0 Å². The zero-order valence-electron chi connectivity index (χ0n) is 11.3. The smallest absolute Gasteiger partial charge is 0.0372 e. The van der Waals surface area contributed by atoms with Crippen LogP contribution in [0.3, 0.4) is 0 Å². The molecule has 1 unspecified atom stereocenters.